The van der Waals surface area contributed by atoms with Crippen molar-refractivity contribution in [3.05, 3.63) is 97.3 Å². The predicted octanol–water partition coefficient (Wildman–Crippen LogP) is 7.01. The van der Waals surface area contributed by atoms with Crippen molar-refractivity contribution in [2.45, 2.75) is 6.61 Å². The first-order valence-corrected chi connectivity index (χ1v) is 12.6. The van der Waals surface area contributed by atoms with Crippen LogP contribution in [0.1, 0.15) is 11.1 Å². The molecule has 1 heterocycles. The number of thioether (sulfide) groups is 1. The Morgan fingerprint density at radius 3 is 2.54 bits per heavy atom. The van der Waals surface area contributed by atoms with E-state index in [1.165, 1.54) is 0 Å². The van der Waals surface area contributed by atoms with Crippen molar-refractivity contribution in [1.29, 1.82) is 0 Å². The Morgan fingerprint density at radius 2 is 1.80 bits per heavy atom. The van der Waals surface area contributed by atoms with Crippen molar-refractivity contribution in [2.75, 3.05) is 11.9 Å². The highest BCUT2D eigenvalue weighted by Crippen LogP contribution is 2.35. The lowest BCUT2D eigenvalue weighted by atomic mass is 10.1. The van der Waals surface area contributed by atoms with Crippen LogP contribution in [0.3, 0.4) is 0 Å². The fourth-order valence-electron chi connectivity index (χ4n) is 3.19. The first-order chi connectivity index (χ1) is 16.8. The van der Waals surface area contributed by atoms with Gasteiger partial charge in [-0.05, 0) is 71.9 Å². The summed E-state index contributed by atoms with van der Waals surface area (Å²) in [5.41, 5.74) is 2.01. The highest BCUT2D eigenvalue weighted by atomic mass is 79.9. The Hall–Kier alpha value is -2.78. The number of carbonyl (C=O) groups excluding carboxylic acids is 3. The maximum absolute atomic E-state index is 12.9. The third kappa shape index (κ3) is 6.67. The molecule has 0 aromatic heterocycles. The van der Waals surface area contributed by atoms with E-state index >= 15 is 0 Å². The van der Waals surface area contributed by atoms with E-state index in [1.807, 2.05) is 18.2 Å². The number of ether oxygens (including phenoxy) is 1. The summed E-state index contributed by atoms with van der Waals surface area (Å²) < 4.78 is 6.74. The standard InChI is InChI=1S/C25H17BrCl2N2O4S/c26-17-6-9-21(34-14-15-4-7-18(27)8-5-15)16(10-17)11-22-24(32)30(25(33)35-22)13-23(31)29-20-3-1-2-19(28)12-20/h1-12H,13-14H2,(H,29,31)/b22-11+. The van der Waals surface area contributed by atoms with E-state index in [9.17, 15) is 14.4 Å². The fraction of sp³-hybridized carbons (Fsp3) is 0.0800. The number of anilines is 1. The van der Waals surface area contributed by atoms with Crippen LogP contribution >= 0.6 is 50.9 Å². The summed E-state index contributed by atoms with van der Waals surface area (Å²) in [6, 6.07) is 19.3. The van der Waals surface area contributed by atoms with Gasteiger partial charge in [-0.15, -0.1) is 0 Å². The minimum absolute atomic E-state index is 0.194. The summed E-state index contributed by atoms with van der Waals surface area (Å²) in [7, 11) is 0. The number of rotatable bonds is 7. The Morgan fingerprint density at radius 1 is 1.03 bits per heavy atom. The minimum Gasteiger partial charge on any atom is -0.488 e. The van der Waals surface area contributed by atoms with Gasteiger partial charge in [-0.2, -0.15) is 0 Å². The third-order valence-electron chi connectivity index (χ3n) is 4.85. The molecule has 1 saturated heterocycles. The number of amides is 3. The molecule has 1 fully saturated rings. The molecule has 1 N–H and O–H groups in total. The molecular formula is C25H17BrCl2N2O4S. The van der Waals surface area contributed by atoms with Crippen LogP contribution < -0.4 is 10.1 Å². The largest absolute Gasteiger partial charge is 0.488 e. The van der Waals surface area contributed by atoms with Gasteiger partial charge in [-0.25, -0.2) is 0 Å². The lowest BCUT2D eigenvalue weighted by Gasteiger charge is -2.13. The van der Waals surface area contributed by atoms with Gasteiger partial charge in [0.2, 0.25) is 5.91 Å². The van der Waals surface area contributed by atoms with E-state index in [1.54, 1.807) is 54.6 Å². The maximum Gasteiger partial charge on any atom is 0.294 e. The highest BCUT2D eigenvalue weighted by Gasteiger charge is 2.36. The zero-order chi connectivity index (χ0) is 24.9. The lowest BCUT2D eigenvalue weighted by Crippen LogP contribution is -2.36. The number of nitrogens with one attached hydrogen (secondary N) is 1. The number of hydrogen-bond donors (Lipinski definition) is 1. The van der Waals surface area contributed by atoms with E-state index in [0.717, 1.165) is 26.7 Å². The summed E-state index contributed by atoms with van der Waals surface area (Å²) in [4.78, 5) is 38.9. The Kier molecular flexibility index (Phi) is 8.18. The van der Waals surface area contributed by atoms with Crippen molar-refractivity contribution in [2.24, 2.45) is 0 Å². The summed E-state index contributed by atoms with van der Waals surface area (Å²) in [6.45, 7) is -0.113. The number of nitrogens with zero attached hydrogens (tertiary/aromatic N) is 1. The van der Waals surface area contributed by atoms with Gasteiger partial charge in [-0.3, -0.25) is 19.3 Å². The van der Waals surface area contributed by atoms with Gasteiger partial charge in [-0.1, -0.05) is 57.3 Å². The second kappa shape index (κ2) is 11.3. The van der Waals surface area contributed by atoms with Crippen molar-refractivity contribution in [3.8, 4) is 5.75 Å². The zero-order valence-corrected chi connectivity index (χ0v) is 21.9. The Bertz CT molecular complexity index is 1330. The van der Waals surface area contributed by atoms with Crippen LogP contribution in [-0.4, -0.2) is 28.5 Å². The summed E-state index contributed by atoms with van der Waals surface area (Å²) in [6.07, 6.45) is 1.59. The molecule has 35 heavy (non-hydrogen) atoms. The summed E-state index contributed by atoms with van der Waals surface area (Å²) in [5, 5.41) is 3.20. The van der Waals surface area contributed by atoms with Crippen LogP contribution in [0, 0.1) is 0 Å². The average Bonchev–Trinajstić information content (AvgIpc) is 3.07. The van der Waals surface area contributed by atoms with Crippen molar-refractivity contribution in [3.63, 3.8) is 0 Å². The molecule has 0 spiro atoms. The topological polar surface area (TPSA) is 75.7 Å². The molecule has 4 rings (SSSR count). The molecule has 3 aromatic carbocycles. The number of benzene rings is 3. The highest BCUT2D eigenvalue weighted by molar-refractivity contribution is 9.10. The van der Waals surface area contributed by atoms with Crippen LogP contribution in [0.25, 0.3) is 6.08 Å². The molecule has 0 bridgehead atoms. The number of carbonyl (C=O) groups is 3. The molecule has 1 aliphatic rings. The number of halogens is 3. The number of hydrogen-bond acceptors (Lipinski definition) is 5. The monoisotopic (exact) mass is 590 g/mol. The van der Waals surface area contributed by atoms with Gasteiger partial charge >= 0.3 is 0 Å². The van der Waals surface area contributed by atoms with Gasteiger partial charge in [0.15, 0.2) is 0 Å². The normalized spacial score (nSPS) is 14.5. The fourth-order valence-corrected chi connectivity index (χ4v) is 4.72. The van der Waals surface area contributed by atoms with E-state index in [2.05, 4.69) is 21.2 Å². The van der Waals surface area contributed by atoms with Gasteiger partial charge in [0.25, 0.3) is 11.1 Å². The maximum atomic E-state index is 12.9. The van der Waals surface area contributed by atoms with Crippen LogP contribution in [0.15, 0.2) is 76.1 Å². The average molecular weight is 592 g/mol. The molecule has 0 unspecified atom stereocenters. The molecule has 6 nitrogen and oxygen atoms in total. The SMILES string of the molecule is O=C(CN1C(=O)S/C(=C/c2cc(Br)ccc2OCc2ccc(Cl)cc2)C1=O)Nc1cccc(Cl)c1. The van der Waals surface area contributed by atoms with Crippen molar-refractivity contribution < 1.29 is 19.1 Å². The molecule has 0 atom stereocenters. The second-order valence-corrected chi connectivity index (χ2v) is 10.2. The first-order valence-electron chi connectivity index (χ1n) is 10.3. The molecular weight excluding hydrogens is 575 g/mol. The van der Waals surface area contributed by atoms with E-state index in [0.29, 0.717) is 33.7 Å². The van der Waals surface area contributed by atoms with E-state index < -0.39 is 23.6 Å². The van der Waals surface area contributed by atoms with Crippen LogP contribution in [0.5, 0.6) is 5.75 Å². The van der Waals surface area contributed by atoms with Crippen molar-refractivity contribution >= 4 is 79.7 Å². The van der Waals surface area contributed by atoms with Gasteiger partial charge < -0.3 is 10.1 Å². The van der Waals surface area contributed by atoms with Gasteiger partial charge in [0.1, 0.15) is 18.9 Å². The summed E-state index contributed by atoms with van der Waals surface area (Å²) >= 11 is 16.1. The zero-order valence-electron chi connectivity index (χ0n) is 18.0. The third-order valence-corrected chi connectivity index (χ3v) is 6.74. The minimum atomic E-state index is -0.551. The Balaban J connectivity index is 1.48. The van der Waals surface area contributed by atoms with E-state index in [-0.39, 0.29) is 4.91 Å². The lowest BCUT2D eigenvalue weighted by molar-refractivity contribution is -0.127. The quantitative estimate of drug-likeness (QED) is 0.299. The molecule has 3 amide bonds. The Labute approximate surface area is 224 Å². The molecule has 178 valence electrons. The van der Waals surface area contributed by atoms with Crippen molar-refractivity contribution in [1.82, 2.24) is 4.90 Å². The van der Waals surface area contributed by atoms with Gasteiger partial charge in [0, 0.05) is 25.8 Å². The van der Waals surface area contributed by atoms with Crippen LogP contribution in [0.4, 0.5) is 10.5 Å². The first kappa shape index (κ1) is 25.3. The smallest absolute Gasteiger partial charge is 0.294 e. The molecule has 3 aromatic rings. The van der Waals surface area contributed by atoms with Crippen LogP contribution in [-0.2, 0) is 16.2 Å². The van der Waals surface area contributed by atoms with E-state index in [4.69, 9.17) is 27.9 Å². The van der Waals surface area contributed by atoms with Gasteiger partial charge in [0.05, 0.1) is 4.91 Å². The molecule has 1 aliphatic heterocycles. The summed E-state index contributed by atoms with van der Waals surface area (Å²) in [5.74, 6) is -0.524. The molecule has 0 saturated carbocycles. The second-order valence-electron chi connectivity index (χ2n) is 7.42. The molecule has 0 aliphatic carbocycles. The van der Waals surface area contributed by atoms with Crippen LogP contribution in [0.2, 0.25) is 10.0 Å². The molecule has 10 heteroatoms. The molecule has 0 radical (unpaired) electrons. The predicted molar refractivity (Wildman–Crippen MR) is 143 cm³/mol. The number of imide groups is 1.